The highest BCUT2D eigenvalue weighted by atomic mass is 32.1. The Hall–Kier alpha value is -1.49. The summed E-state index contributed by atoms with van der Waals surface area (Å²) in [4.78, 5) is 0.291. The first-order valence-electron chi connectivity index (χ1n) is 6.12. The van der Waals surface area contributed by atoms with Gasteiger partial charge in [0.25, 0.3) is 0 Å². The molecule has 1 heterocycles. The van der Waals surface area contributed by atoms with Crippen LogP contribution in [0.25, 0.3) is 0 Å². The van der Waals surface area contributed by atoms with Crippen molar-refractivity contribution in [2.24, 2.45) is 0 Å². The van der Waals surface area contributed by atoms with E-state index in [9.17, 15) is 9.42 Å². The summed E-state index contributed by atoms with van der Waals surface area (Å²) >= 11 is 0.286. The van der Waals surface area contributed by atoms with E-state index in [4.69, 9.17) is 0 Å². The Bertz CT molecular complexity index is 654. The zero-order valence-corrected chi connectivity index (χ0v) is 12.4. The summed E-state index contributed by atoms with van der Waals surface area (Å²) in [6, 6.07) is 3.94. The van der Waals surface area contributed by atoms with Gasteiger partial charge in [-0.05, 0) is 45.4 Å². The van der Waals surface area contributed by atoms with E-state index in [1.807, 2.05) is 32.9 Å². The quantitative estimate of drug-likeness (QED) is 0.448. The molecule has 1 aliphatic heterocycles. The molecule has 0 bridgehead atoms. The van der Waals surface area contributed by atoms with Crippen LogP contribution in [0.15, 0.2) is 36.1 Å². The second-order valence-corrected chi connectivity index (χ2v) is 5.46. The van der Waals surface area contributed by atoms with Gasteiger partial charge in [-0.1, -0.05) is 12.1 Å². The third kappa shape index (κ3) is 2.12. The number of aryl methyl sites for hydroxylation is 2. The second kappa shape index (κ2) is 4.89. The zero-order valence-electron chi connectivity index (χ0n) is 11.6. The Labute approximate surface area is 117 Å². The van der Waals surface area contributed by atoms with Crippen molar-refractivity contribution in [3.63, 3.8) is 0 Å². The van der Waals surface area contributed by atoms with Gasteiger partial charge in [0.15, 0.2) is 11.3 Å². The van der Waals surface area contributed by atoms with E-state index in [1.54, 1.807) is 19.1 Å². The minimum absolute atomic E-state index is 0.286. The van der Waals surface area contributed by atoms with E-state index in [2.05, 4.69) is 0 Å². The van der Waals surface area contributed by atoms with Crippen LogP contribution in [0.5, 0.6) is 0 Å². The molecule has 1 aromatic carbocycles. The number of hydrogen-bond acceptors (Lipinski definition) is 2. The predicted octanol–water partition coefficient (Wildman–Crippen LogP) is 3.23. The van der Waals surface area contributed by atoms with Crippen LogP contribution in [-0.2, 0) is 11.3 Å². The summed E-state index contributed by atoms with van der Waals surface area (Å²) in [5, 5.41) is 13.2. The number of allylic oxidation sites excluding steroid dienone is 2. The lowest BCUT2D eigenvalue weighted by Gasteiger charge is -2.41. The van der Waals surface area contributed by atoms with Gasteiger partial charge in [-0.15, -0.1) is 0 Å². The lowest BCUT2D eigenvalue weighted by atomic mass is 10.0. The van der Waals surface area contributed by atoms with Crippen molar-refractivity contribution in [1.82, 2.24) is 4.65 Å². The maximum atomic E-state index is 13.2. The number of nitrogens with zero attached hydrogens (tertiary/aromatic N) is 1. The van der Waals surface area contributed by atoms with Crippen LogP contribution in [0.3, 0.4) is 0 Å². The van der Waals surface area contributed by atoms with Crippen LogP contribution in [0, 0.1) is 26.0 Å². The van der Waals surface area contributed by atoms with Gasteiger partial charge in [0.05, 0.1) is 0 Å². The van der Waals surface area contributed by atoms with Crippen molar-refractivity contribution in [2.75, 3.05) is 0 Å². The molecule has 1 aliphatic rings. The molecule has 0 N–H and O–H groups in total. The highest BCUT2D eigenvalue weighted by Gasteiger charge is 2.32. The summed E-state index contributed by atoms with van der Waals surface area (Å²) in [6.07, 6.45) is 5.06. The van der Waals surface area contributed by atoms with Gasteiger partial charge >= 0.3 is 0 Å². The van der Waals surface area contributed by atoms with Crippen LogP contribution >= 0.6 is 0 Å². The molecule has 2 rings (SSSR count). The molecule has 0 amide bonds. The smallest absolute Gasteiger partial charge is 0.239 e. The summed E-state index contributed by atoms with van der Waals surface area (Å²) in [7, 11) is 0. The molecule has 0 radical (unpaired) electrons. The average Bonchev–Trinajstić information content (AvgIpc) is 2.34. The fourth-order valence-electron chi connectivity index (χ4n) is 2.45. The SMILES string of the molecule is CC1=CC=C[N+]([O-])(c2c(C)ccc(C)c2C)C1=S=O. The topological polar surface area (TPSA) is 40.1 Å². The molecule has 3 nitrogen and oxygen atoms in total. The molecule has 1 aromatic rings. The summed E-state index contributed by atoms with van der Waals surface area (Å²) < 4.78 is 10.6. The first-order valence-corrected chi connectivity index (χ1v) is 6.87. The predicted molar refractivity (Wildman–Crippen MR) is 81.9 cm³/mol. The van der Waals surface area contributed by atoms with Crippen LogP contribution in [0.1, 0.15) is 23.6 Å². The minimum atomic E-state index is -0.782. The van der Waals surface area contributed by atoms with E-state index >= 15 is 0 Å². The standard InChI is InChI=1S/C15H17NO2S/c1-10-7-8-11(2)14(13(10)4)16(17)9-5-6-12(3)15(16)19-18/h5-9H,1-4H3. The van der Waals surface area contributed by atoms with Gasteiger partial charge in [0.2, 0.25) is 4.99 Å². The summed E-state index contributed by atoms with van der Waals surface area (Å²) in [5.41, 5.74) is 4.30. The number of hydrogen-bond donors (Lipinski definition) is 0. The highest BCUT2D eigenvalue weighted by molar-refractivity contribution is 7.67. The van der Waals surface area contributed by atoms with E-state index in [0.717, 1.165) is 22.3 Å². The van der Waals surface area contributed by atoms with Crippen molar-refractivity contribution in [3.8, 4) is 0 Å². The van der Waals surface area contributed by atoms with Crippen molar-refractivity contribution in [1.29, 1.82) is 0 Å². The second-order valence-electron chi connectivity index (χ2n) is 4.91. The number of hydroxylamine groups is 2. The molecule has 4 heteroatoms. The third-order valence-corrected chi connectivity index (χ3v) is 4.35. The Balaban J connectivity index is 2.78. The molecule has 0 aliphatic carbocycles. The largest absolute Gasteiger partial charge is 0.616 e. The van der Waals surface area contributed by atoms with Gasteiger partial charge in [0.1, 0.15) is 11.9 Å². The fraction of sp³-hybridized carbons (Fsp3) is 0.267. The van der Waals surface area contributed by atoms with Gasteiger partial charge < -0.3 is 5.21 Å². The molecular weight excluding hydrogens is 258 g/mol. The van der Waals surface area contributed by atoms with Gasteiger partial charge in [-0.3, -0.25) is 4.65 Å². The lowest BCUT2D eigenvalue weighted by molar-refractivity contribution is 0.691. The molecule has 0 saturated carbocycles. The lowest BCUT2D eigenvalue weighted by Crippen LogP contribution is -2.46. The van der Waals surface area contributed by atoms with Crippen molar-refractivity contribution >= 4 is 21.9 Å². The first kappa shape index (κ1) is 13.9. The van der Waals surface area contributed by atoms with Crippen LogP contribution in [0.4, 0.5) is 5.69 Å². The Morgan fingerprint density at radius 2 is 1.74 bits per heavy atom. The first-order chi connectivity index (χ1) is 8.91. The minimum Gasteiger partial charge on any atom is -0.616 e. The molecule has 0 spiro atoms. The van der Waals surface area contributed by atoms with Crippen molar-refractivity contribution in [3.05, 3.63) is 58.0 Å². The number of benzene rings is 1. The number of quaternary nitrogens is 1. The van der Waals surface area contributed by atoms with Crippen molar-refractivity contribution < 1.29 is 4.21 Å². The molecule has 1 atom stereocenters. The van der Waals surface area contributed by atoms with Gasteiger partial charge in [-0.25, -0.2) is 4.21 Å². The Morgan fingerprint density at radius 1 is 1.11 bits per heavy atom. The molecule has 19 heavy (non-hydrogen) atoms. The highest BCUT2D eigenvalue weighted by Crippen LogP contribution is 2.35. The number of rotatable bonds is 1. The Morgan fingerprint density at radius 3 is 2.37 bits per heavy atom. The maximum Gasteiger partial charge on any atom is 0.239 e. The molecule has 0 saturated heterocycles. The summed E-state index contributed by atoms with van der Waals surface area (Å²) in [6.45, 7) is 7.62. The molecule has 1 unspecified atom stereocenters. The molecular formula is C15H17NO2S. The monoisotopic (exact) mass is 275 g/mol. The molecule has 0 fully saturated rings. The van der Waals surface area contributed by atoms with Crippen LogP contribution < -0.4 is 4.65 Å². The third-order valence-electron chi connectivity index (χ3n) is 3.60. The van der Waals surface area contributed by atoms with E-state index in [0.29, 0.717) is 10.7 Å². The Kier molecular flexibility index (Phi) is 3.58. The summed E-state index contributed by atoms with van der Waals surface area (Å²) in [5.74, 6) is 0. The van der Waals surface area contributed by atoms with E-state index in [1.165, 1.54) is 6.20 Å². The normalized spacial score (nSPS) is 22.4. The van der Waals surface area contributed by atoms with E-state index in [-0.39, 0.29) is 11.3 Å². The van der Waals surface area contributed by atoms with Gasteiger partial charge in [-0.2, -0.15) is 0 Å². The maximum absolute atomic E-state index is 13.2. The molecule has 0 aromatic heterocycles. The van der Waals surface area contributed by atoms with Crippen molar-refractivity contribution in [2.45, 2.75) is 27.7 Å². The zero-order chi connectivity index (χ0) is 14.2. The van der Waals surface area contributed by atoms with Crippen LogP contribution in [0.2, 0.25) is 0 Å². The molecule has 100 valence electrons. The average molecular weight is 275 g/mol. The van der Waals surface area contributed by atoms with E-state index < -0.39 is 4.65 Å². The fourth-order valence-corrected chi connectivity index (χ4v) is 2.92. The van der Waals surface area contributed by atoms with Crippen LogP contribution in [-0.4, -0.2) is 9.20 Å². The van der Waals surface area contributed by atoms with Gasteiger partial charge in [0, 0.05) is 16.7 Å².